The number of carbonyl (C=O) groups excluding carboxylic acids is 1. The van der Waals surface area contributed by atoms with Gasteiger partial charge in [0.1, 0.15) is 5.69 Å². The van der Waals surface area contributed by atoms with Crippen molar-refractivity contribution in [3.8, 4) is 22.6 Å². The lowest BCUT2D eigenvalue weighted by molar-refractivity contribution is -0.115. The third kappa shape index (κ3) is 3.63. The molecule has 0 saturated carbocycles. The van der Waals surface area contributed by atoms with Gasteiger partial charge in [-0.05, 0) is 29.2 Å². The van der Waals surface area contributed by atoms with Crippen LogP contribution in [0.25, 0.3) is 44.6 Å². The first-order valence-corrected chi connectivity index (χ1v) is 12.1. The van der Waals surface area contributed by atoms with Crippen LogP contribution in [-0.2, 0) is 4.79 Å². The second-order valence-corrected chi connectivity index (χ2v) is 9.11. The molecule has 0 radical (unpaired) electrons. The number of benzene rings is 1. The molecular formula is C25H21N7OS. The smallest absolute Gasteiger partial charge is 0.224 e. The summed E-state index contributed by atoms with van der Waals surface area (Å²) in [6, 6.07) is 8.00. The quantitative estimate of drug-likeness (QED) is 0.325. The predicted molar refractivity (Wildman–Crippen MR) is 135 cm³/mol. The van der Waals surface area contributed by atoms with Crippen LogP contribution >= 0.6 is 11.8 Å². The van der Waals surface area contributed by atoms with Crippen molar-refractivity contribution in [2.24, 2.45) is 0 Å². The lowest BCUT2D eigenvalue weighted by atomic mass is 10.0. The van der Waals surface area contributed by atoms with Gasteiger partial charge in [0.15, 0.2) is 5.82 Å². The fourth-order valence-corrected chi connectivity index (χ4v) is 5.10. The second kappa shape index (κ2) is 8.42. The molecule has 6 rings (SSSR count). The summed E-state index contributed by atoms with van der Waals surface area (Å²) in [7, 11) is 0. The zero-order valence-corrected chi connectivity index (χ0v) is 19.2. The highest BCUT2D eigenvalue weighted by atomic mass is 32.2. The summed E-state index contributed by atoms with van der Waals surface area (Å²) >= 11 is 1.80. The topological polar surface area (TPSA) is 112 Å². The Balaban J connectivity index is 1.41. The molecule has 0 aliphatic carbocycles. The molecule has 1 amide bonds. The normalized spacial score (nSPS) is 15.4. The third-order valence-electron chi connectivity index (χ3n) is 5.97. The van der Waals surface area contributed by atoms with Crippen LogP contribution < -0.4 is 5.32 Å². The van der Waals surface area contributed by atoms with Crippen molar-refractivity contribution in [1.29, 1.82) is 0 Å². The number of pyridine rings is 2. The Morgan fingerprint density at radius 3 is 2.88 bits per heavy atom. The first-order valence-electron chi connectivity index (χ1n) is 11.1. The lowest BCUT2D eigenvalue weighted by Crippen LogP contribution is -2.09. The van der Waals surface area contributed by atoms with Gasteiger partial charge in [0, 0.05) is 47.0 Å². The number of rotatable bonds is 5. The minimum absolute atomic E-state index is 0.0445. The van der Waals surface area contributed by atoms with E-state index >= 15 is 0 Å². The maximum atomic E-state index is 11.8. The summed E-state index contributed by atoms with van der Waals surface area (Å²) in [6.07, 6.45) is 9.77. The average molecular weight is 468 g/mol. The van der Waals surface area contributed by atoms with Crippen molar-refractivity contribution in [2.45, 2.75) is 19.3 Å². The molecule has 34 heavy (non-hydrogen) atoms. The maximum absolute atomic E-state index is 11.8. The lowest BCUT2D eigenvalue weighted by Gasteiger charge is -2.07. The van der Waals surface area contributed by atoms with Gasteiger partial charge in [0.05, 0.1) is 34.6 Å². The zero-order valence-electron chi connectivity index (χ0n) is 18.4. The van der Waals surface area contributed by atoms with E-state index in [2.05, 4.69) is 48.0 Å². The van der Waals surface area contributed by atoms with E-state index in [0.717, 1.165) is 50.1 Å². The van der Waals surface area contributed by atoms with E-state index in [0.29, 0.717) is 23.9 Å². The molecule has 1 aromatic carbocycles. The molecule has 8 nitrogen and oxygen atoms in total. The third-order valence-corrected chi connectivity index (χ3v) is 6.87. The van der Waals surface area contributed by atoms with Crippen molar-refractivity contribution in [2.75, 3.05) is 11.1 Å². The molecular weight excluding hydrogens is 446 g/mol. The van der Waals surface area contributed by atoms with Crippen molar-refractivity contribution in [3.63, 3.8) is 0 Å². The number of carbonyl (C=O) groups is 1. The number of imidazole rings is 1. The first-order chi connectivity index (χ1) is 16.7. The molecule has 0 bridgehead atoms. The molecule has 1 aliphatic heterocycles. The number of amides is 1. The van der Waals surface area contributed by atoms with Crippen LogP contribution in [0.1, 0.15) is 24.8 Å². The van der Waals surface area contributed by atoms with Gasteiger partial charge in [0.25, 0.3) is 0 Å². The summed E-state index contributed by atoms with van der Waals surface area (Å²) in [5.41, 5.74) is 7.17. The Labute approximate surface area is 199 Å². The summed E-state index contributed by atoms with van der Waals surface area (Å²) in [5, 5.41) is 13.6. The molecule has 0 saturated heterocycles. The number of aromatic nitrogens is 6. The van der Waals surface area contributed by atoms with Crippen molar-refractivity contribution in [1.82, 2.24) is 30.1 Å². The van der Waals surface area contributed by atoms with Gasteiger partial charge < -0.3 is 10.3 Å². The van der Waals surface area contributed by atoms with Crippen LogP contribution in [0.15, 0.2) is 60.5 Å². The number of hydrogen-bond acceptors (Lipinski definition) is 6. The van der Waals surface area contributed by atoms with Crippen LogP contribution in [0.5, 0.6) is 0 Å². The summed E-state index contributed by atoms with van der Waals surface area (Å²) < 4.78 is 0. The van der Waals surface area contributed by atoms with E-state index in [1.807, 2.05) is 37.5 Å². The van der Waals surface area contributed by atoms with E-state index < -0.39 is 0 Å². The van der Waals surface area contributed by atoms with Crippen LogP contribution in [-0.4, -0.2) is 41.8 Å². The van der Waals surface area contributed by atoms with Crippen molar-refractivity contribution in [3.05, 3.63) is 66.1 Å². The Kier molecular flexibility index (Phi) is 5.10. The standard InChI is InChI=1S/C25H21N7OS/c1-2-22(33)28-17-7-16(9-26-10-17)14-3-4-20-18(8-14)24(32-31-20)25-29-21-12-27-11-19(23(21)30-25)15-5-6-34-13-15/h3-12,15H,2,13H2,1H3,(H,28,33)(H,29,30)(H,31,32). The average Bonchev–Trinajstić information content (AvgIpc) is 3.62. The summed E-state index contributed by atoms with van der Waals surface area (Å²) in [5.74, 6) is 1.97. The van der Waals surface area contributed by atoms with Crippen LogP contribution in [0.2, 0.25) is 0 Å². The number of fused-ring (bicyclic) bond motifs is 2. The SMILES string of the molecule is CCC(=O)Nc1cncc(-c2ccc3[nH]nc(-c4nc5c(C6C=CSC6)cncc5[nH]4)c3c2)c1. The second-order valence-electron chi connectivity index (χ2n) is 8.18. The Bertz CT molecular complexity index is 1570. The monoisotopic (exact) mass is 467 g/mol. The van der Waals surface area contributed by atoms with Crippen LogP contribution in [0.4, 0.5) is 5.69 Å². The molecule has 1 atom stereocenters. The van der Waals surface area contributed by atoms with Gasteiger partial charge in [0.2, 0.25) is 5.91 Å². The van der Waals surface area contributed by atoms with E-state index in [-0.39, 0.29) is 5.91 Å². The van der Waals surface area contributed by atoms with Gasteiger partial charge in [-0.1, -0.05) is 19.1 Å². The molecule has 4 aromatic heterocycles. The zero-order chi connectivity index (χ0) is 23.1. The molecule has 0 fully saturated rings. The number of nitrogens with one attached hydrogen (secondary N) is 3. The van der Waals surface area contributed by atoms with Gasteiger partial charge >= 0.3 is 0 Å². The molecule has 1 unspecified atom stereocenters. The Morgan fingerprint density at radius 2 is 2.03 bits per heavy atom. The van der Waals surface area contributed by atoms with Gasteiger partial charge in [-0.25, -0.2) is 4.98 Å². The maximum Gasteiger partial charge on any atom is 0.224 e. The Hall–Kier alpha value is -3.98. The van der Waals surface area contributed by atoms with Crippen molar-refractivity contribution < 1.29 is 4.79 Å². The van der Waals surface area contributed by atoms with E-state index in [1.165, 1.54) is 0 Å². The number of hydrogen-bond donors (Lipinski definition) is 3. The predicted octanol–water partition coefficient (Wildman–Crippen LogP) is 5.26. The fraction of sp³-hybridized carbons (Fsp3) is 0.160. The van der Waals surface area contributed by atoms with Crippen molar-refractivity contribution >= 4 is 45.3 Å². The summed E-state index contributed by atoms with van der Waals surface area (Å²) in [4.78, 5) is 28.8. The number of thioether (sulfide) groups is 1. The number of H-pyrrole nitrogens is 2. The molecule has 0 spiro atoms. The largest absolute Gasteiger partial charge is 0.335 e. The fourth-order valence-electron chi connectivity index (χ4n) is 4.19. The highest BCUT2D eigenvalue weighted by Crippen LogP contribution is 2.35. The molecule has 168 valence electrons. The highest BCUT2D eigenvalue weighted by molar-refractivity contribution is 8.02. The number of allylic oxidation sites excluding steroid dienone is 1. The minimum atomic E-state index is -0.0445. The molecule has 9 heteroatoms. The van der Waals surface area contributed by atoms with Gasteiger partial charge in [-0.3, -0.25) is 19.9 Å². The van der Waals surface area contributed by atoms with E-state index in [9.17, 15) is 4.79 Å². The van der Waals surface area contributed by atoms with E-state index in [1.54, 1.807) is 24.2 Å². The molecule has 5 heterocycles. The first kappa shape index (κ1) is 20.6. The molecule has 5 aromatic rings. The van der Waals surface area contributed by atoms with Gasteiger partial charge in [-0.15, -0.1) is 11.8 Å². The number of nitrogens with zero attached hydrogens (tertiary/aromatic N) is 4. The number of anilines is 1. The molecule has 1 aliphatic rings. The molecule has 3 N–H and O–H groups in total. The van der Waals surface area contributed by atoms with Gasteiger partial charge in [-0.2, -0.15) is 5.10 Å². The highest BCUT2D eigenvalue weighted by Gasteiger charge is 2.20. The van der Waals surface area contributed by atoms with E-state index in [4.69, 9.17) is 4.98 Å². The van der Waals surface area contributed by atoms with Crippen LogP contribution in [0.3, 0.4) is 0 Å². The minimum Gasteiger partial charge on any atom is -0.335 e. The number of aromatic amines is 2. The summed E-state index contributed by atoms with van der Waals surface area (Å²) in [6.45, 7) is 1.82. The Morgan fingerprint density at radius 1 is 1.12 bits per heavy atom. The van der Waals surface area contributed by atoms with Crippen LogP contribution in [0, 0.1) is 0 Å².